The highest BCUT2D eigenvalue weighted by Crippen LogP contribution is 2.23. The molecular formula is C13H16. The zero-order chi connectivity index (χ0) is 9.10. The van der Waals surface area contributed by atoms with E-state index in [-0.39, 0.29) is 0 Å². The number of aryl methyl sites for hydroxylation is 1. The van der Waals surface area contributed by atoms with Crippen LogP contribution in [0.25, 0.3) is 6.08 Å². The molecule has 0 aromatic heterocycles. The summed E-state index contributed by atoms with van der Waals surface area (Å²) in [6.45, 7) is 2.25. The third-order valence-electron chi connectivity index (χ3n) is 2.69. The highest BCUT2D eigenvalue weighted by molar-refractivity contribution is 5.58. The van der Waals surface area contributed by atoms with Crippen LogP contribution in [0.5, 0.6) is 0 Å². The number of benzene rings is 1. The van der Waals surface area contributed by atoms with Crippen LogP contribution in [0.3, 0.4) is 0 Å². The van der Waals surface area contributed by atoms with Gasteiger partial charge in [-0.1, -0.05) is 43.7 Å². The topological polar surface area (TPSA) is 0 Å². The molecule has 0 radical (unpaired) electrons. The fourth-order valence-corrected chi connectivity index (χ4v) is 2.06. The van der Waals surface area contributed by atoms with E-state index in [4.69, 9.17) is 0 Å². The Hall–Kier alpha value is -1.04. The molecule has 0 saturated heterocycles. The highest BCUT2D eigenvalue weighted by Gasteiger charge is 2.07. The Morgan fingerprint density at radius 1 is 1.31 bits per heavy atom. The minimum absolute atomic E-state index is 1.22. The van der Waals surface area contributed by atoms with Crippen molar-refractivity contribution in [2.75, 3.05) is 0 Å². The van der Waals surface area contributed by atoms with Crippen LogP contribution in [0.4, 0.5) is 0 Å². The molecule has 0 saturated carbocycles. The van der Waals surface area contributed by atoms with Gasteiger partial charge in [0, 0.05) is 0 Å². The first-order valence-electron chi connectivity index (χ1n) is 5.19. The van der Waals surface area contributed by atoms with Gasteiger partial charge in [-0.3, -0.25) is 0 Å². The smallest absolute Gasteiger partial charge is 0.0225 e. The van der Waals surface area contributed by atoms with E-state index < -0.39 is 0 Å². The molecule has 0 aliphatic heterocycles. The van der Waals surface area contributed by atoms with E-state index in [1.165, 1.54) is 31.2 Å². The number of hydrogen-bond acceptors (Lipinski definition) is 0. The van der Waals surface area contributed by atoms with Gasteiger partial charge < -0.3 is 0 Å². The maximum atomic E-state index is 2.28. The van der Waals surface area contributed by atoms with Gasteiger partial charge in [0.05, 0.1) is 0 Å². The molecule has 68 valence electrons. The molecule has 0 unspecified atom stereocenters. The minimum atomic E-state index is 1.22. The van der Waals surface area contributed by atoms with Gasteiger partial charge in [-0.2, -0.15) is 0 Å². The number of allylic oxidation sites excluding steroid dienone is 1. The molecule has 0 nitrogen and oxygen atoms in total. The van der Waals surface area contributed by atoms with E-state index in [0.717, 1.165) is 0 Å². The average molecular weight is 172 g/mol. The predicted octanol–water partition coefficient (Wildman–Crippen LogP) is 3.60. The summed E-state index contributed by atoms with van der Waals surface area (Å²) >= 11 is 0. The summed E-state index contributed by atoms with van der Waals surface area (Å²) in [5, 5.41) is 0. The van der Waals surface area contributed by atoms with E-state index in [2.05, 4.69) is 37.3 Å². The van der Waals surface area contributed by atoms with Gasteiger partial charge in [-0.15, -0.1) is 0 Å². The Kier molecular flexibility index (Phi) is 2.49. The average Bonchev–Trinajstić information content (AvgIpc) is 2.19. The third-order valence-corrected chi connectivity index (χ3v) is 2.69. The largest absolute Gasteiger partial charge is 0.0836 e. The van der Waals surface area contributed by atoms with E-state index in [0.29, 0.717) is 0 Å². The zero-order valence-electron chi connectivity index (χ0n) is 8.22. The maximum absolute atomic E-state index is 2.28. The van der Waals surface area contributed by atoms with Crippen molar-refractivity contribution in [2.45, 2.75) is 32.6 Å². The van der Waals surface area contributed by atoms with Gasteiger partial charge >= 0.3 is 0 Å². The van der Waals surface area contributed by atoms with Crippen molar-refractivity contribution in [3.05, 3.63) is 41.0 Å². The lowest BCUT2D eigenvalue weighted by Gasteiger charge is -2.14. The fraction of sp³-hybridized carbons (Fsp3) is 0.385. The lowest BCUT2D eigenvalue weighted by molar-refractivity contribution is 0.878. The van der Waals surface area contributed by atoms with Gasteiger partial charge in [0.1, 0.15) is 0 Å². The molecule has 13 heavy (non-hydrogen) atoms. The van der Waals surface area contributed by atoms with Crippen molar-refractivity contribution in [1.82, 2.24) is 0 Å². The molecule has 1 aromatic carbocycles. The Labute approximate surface area is 80.3 Å². The molecule has 0 fully saturated rings. The van der Waals surface area contributed by atoms with Gasteiger partial charge in [0.25, 0.3) is 0 Å². The lowest BCUT2D eigenvalue weighted by Crippen LogP contribution is -1.99. The standard InChI is InChI=1S/C13H16/c1-2-6-11-8-5-9-12-7-3-4-10-13(11)12/h3,5,7-9H,2,4,6,10H2,1H3. The van der Waals surface area contributed by atoms with Crippen molar-refractivity contribution in [2.24, 2.45) is 0 Å². The molecule has 0 bridgehead atoms. The second-order valence-corrected chi connectivity index (χ2v) is 3.68. The fourth-order valence-electron chi connectivity index (χ4n) is 2.06. The summed E-state index contributed by atoms with van der Waals surface area (Å²) in [6, 6.07) is 6.69. The van der Waals surface area contributed by atoms with Gasteiger partial charge in [0.15, 0.2) is 0 Å². The summed E-state index contributed by atoms with van der Waals surface area (Å²) in [7, 11) is 0. The maximum Gasteiger partial charge on any atom is -0.0225 e. The number of rotatable bonds is 2. The molecule has 0 N–H and O–H groups in total. The molecule has 0 atom stereocenters. The van der Waals surface area contributed by atoms with E-state index in [1.807, 2.05) is 0 Å². The molecule has 0 spiro atoms. The molecule has 0 heteroatoms. The molecule has 2 rings (SSSR count). The summed E-state index contributed by atoms with van der Waals surface area (Å²) < 4.78 is 0. The molecule has 1 aliphatic rings. The molecular weight excluding hydrogens is 156 g/mol. The SMILES string of the molecule is CCCc1cccc2c1CCC=C2. The van der Waals surface area contributed by atoms with E-state index in [9.17, 15) is 0 Å². The van der Waals surface area contributed by atoms with Crippen LogP contribution in [0, 0.1) is 0 Å². The van der Waals surface area contributed by atoms with Crippen LogP contribution in [0.2, 0.25) is 0 Å². The third kappa shape index (κ3) is 1.67. The van der Waals surface area contributed by atoms with Gasteiger partial charge in [0.2, 0.25) is 0 Å². The number of hydrogen-bond donors (Lipinski definition) is 0. The normalized spacial score (nSPS) is 14.2. The van der Waals surface area contributed by atoms with Crippen LogP contribution in [-0.2, 0) is 12.8 Å². The number of fused-ring (bicyclic) bond motifs is 1. The second-order valence-electron chi connectivity index (χ2n) is 3.68. The monoisotopic (exact) mass is 172 g/mol. The summed E-state index contributed by atoms with van der Waals surface area (Å²) in [6.07, 6.45) is 9.48. The Bertz CT molecular complexity index is 321. The zero-order valence-corrected chi connectivity index (χ0v) is 8.22. The lowest BCUT2D eigenvalue weighted by atomic mass is 9.91. The van der Waals surface area contributed by atoms with Crippen molar-refractivity contribution in [1.29, 1.82) is 0 Å². The van der Waals surface area contributed by atoms with Crippen molar-refractivity contribution in [3.63, 3.8) is 0 Å². The first kappa shape index (κ1) is 8.55. The van der Waals surface area contributed by atoms with Crippen LogP contribution >= 0.6 is 0 Å². The van der Waals surface area contributed by atoms with Crippen LogP contribution in [0.1, 0.15) is 36.5 Å². The first-order chi connectivity index (χ1) is 6.42. The first-order valence-corrected chi connectivity index (χ1v) is 5.19. The Balaban J connectivity index is 2.41. The summed E-state index contributed by atoms with van der Waals surface area (Å²) in [5.74, 6) is 0. The predicted molar refractivity (Wildman–Crippen MR) is 57.8 cm³/mol. The summed E-state index contributed by atoms with van der Waals surface area (Å²) in [4.78, 5) is 0. The van der Waals surface area contributed by atoms with Gasteiger partial charge in [-0.25, -0.2) is 0 Å². The Morgan fingerprint density at radius 2 is 2.23 bits per heavy atom. The van der Waals surface area contributed by atoms with Gasteiger partial charge in [-0.05, 0) is 36.0 Å². The van der Waals surface area contributed by atoms with Crippen LogP contribution < -0.4 is 0 Å². The van der Waals surface area contributed by atoms with Crippen molar-refractivity contribution in [3.8, 4) is 0 Å². The van der Waals surface area contributed by atoms with Crippen LogP contribution in [0.15, 0.2) is 24.3 Å². The van der Waals surface area contributed by atoms with Crippen LogP contribution in [-0.4, -0.2) is 0 Å². The molecule has 0 heterocycles. The summed E-state index contributed by atoms with van der Waals surface area (Å²) in [5.41, 5.74) is 4.59. The molecule has 1 aromatic rings. The quantitative estimate of drug-likeness (QED) is 0.639. The minimum Gasteiger partial charge on any atom is -0.0836 e. The van der Waals surface area contributed by atoms with Crippen molar-refractivity contribution < 1.29 is 0 Å². The Morgan fingerprint density at radius 3 is 3.08 bits per heavy atom. The van der Waals surface area contributed by atoms with Crippen molar-refractivity contribution >= 4 is 6.08 Å². The molecule has 1 aliphatic carbocycles. The second kappa shape index (κ2) is 3.78. The van der Waals surface area contributed by atoms with E-state index >= 15 is 0 Å². The van der Waals surface area contributed by atoms with E-state index in [1.54, 1.807) is 11.1 Å². The highest BCUT2D eigenvalue weighted by atomic mass is 14.1. The molecule has 0 amide bonds.